The molecular formula is C25H37N5O. The highest BCUT2D eigenvalue weighted by atomic mass is 16.1. The zero-order valence-electron chi connectivity index (χ0n) is 18.5. The Morgan fingerprint density at radius 2 is 1.26 bits per heavy atom. The maximum atomic E-state index is 12.2. The van der Waals surface area contributed by atoms with Crippen molar-refractivity contribution < 1.29 is 4.79 Å². The summed E-state index contributed by atoms with van der Waals surface area (Å²) in [6.45, 7) is 0.799. The van der Waals surface area contributed by atoms with Gasteiger partial charge < -0.3 is 22.5 Å². The van der Waals surface area contributed by atoms with Crippen molar-refractivity contribution in [1.29, 1.82) is 0 Å². The molecule has 0 fully saturated rings. The first kappa shape index (κ1) is 24.4. The van der Waals surface area contributed by atoms with Crippen molar-refractivity contribution in [1.82, 2.24) is 0 Å². The fraction of sp³-hybridized carbons (Fsp3) is 0.440. The summed E-state index contributed by atoms with van der Waals surface area (Å²) < 4.78 is 0. The zero-order valence-corrected chi connectivity index (χ0v) is 18.5. The summed E-state index contributed by atoms with van der Waals surface area (Å²) in [4.78, 5) is 16.2. The van der Waals surface area contributed by atoms with Crippen molar-refractivity contribution in [3.8, 4) is 0 Å². The third kappa shape index (κ3) is 10.6. The number of rotatable bonds is 14. The van der Waals surface area contributed by atoms with Gasteiger partial charge in [-0.15, -0.1) is 0 Å². The quantitative estimate of drug-likeness (QED) is 0.202. The molecule has 0 radical (unpaired) electrons. The minimum atomic E-state index is 0.0550. The van der Waals surface area contributed by atoms with E-state index >= 15 is 0 Å². The molecule has 0 atom stereocenters. The normalized spacial score (nSPS) is 10.6. The minimum absolute atomic E-state index is 0.0550. The summed E-state index contributed by atoms with van der Waals surface area (Å²) in [5, 5.41) is 2.99. The Morgan fingerprint density at radius 1 is 0.742 bits per heavy atom. The van der Waals surface area contributed by atoms with Crippen molar-refractivity contribution >= 4 is 23.2 Å². The molecule has 7 N–H and O–H groups in total. The highest BCUT2D eigenvalue weighted by molar-refractivity contribution is 5.90. The first-order chi connectivity index (χ1) is 15.1. The molecule has 0 saturated heterocycles. The second-order valence-electron chi connectivity index (χ2n) is 7.99. The van der Waals surface area contributed by atoms with Crippen LogP contribution in [0.5, 0.6) is 0 Å². The number of unbranched alkanes of at least 4 members (excludes halogenated alkanes) is 7. The van der Waals surface area contributed by atoms with E-state index in [-0.39, 0.29) is 11.9 Å². The minimum Gasteiger partial charge on any atom is -0.370 e. The van der Waals surface area contributed by atoms with Crippen LogP contribution in [0.1, 0.15) is 68.9 Å². The van der Waals surface area contributed by atoms with Gasteiger partial charge in [0.05, 0.1) is 5.69 Å². The smallest absolute Gasteiger partial charge is 0.224 e. The van der Waals surface area contributed by atoms with E-state index in [1.807, 2.05) is 48.5 Å². The lowest BCUT2D eigenvalue weighted by Gasteiger charge is -2.07. The molecule has 2 rings (SSSR count). The predicted molar refractivity (Wildman–Crippen MR) is 130 cm³/mol. The summed E-state index contributed by atoms with van der Waals surface area (Å²) in [6, 6.07) is 15.8. The van der Waals surface area contributed by atoms with Gasteiger partial charge in [0.2, 0.25) is 5.91 Å². The van der Waals surface area contributed by atoms with Gasteiger partial charge in [-0.05, 0) is 61.2 Å². The largest absolute Gasteiger partial charge is 0.370 e. The Morgan fingerprint density at radius 3 is 1.81 bits per heavy atom. The van der Waals surface area contributed by atoms with Crippen molar-refractivity contribution in [2.24, 2.45) is 22.2 Å². The maximum Gasteiger partial charge on any atom is 0.224 e. The van der Waals surface area contributed by atoms with Crippen molar-refractivity contribution in [3.63, 3.8) is 0 Å². The monoisotopic (exact) mass is 423 g/mol. The number of carbonyl (C=O) groups excluding carboxylic acids is 1. The zero-order chi connectivity index (χ0) is 22.3. The molecule has 0 bridgehead atoms. The van der Waals surface area contributed by atoms with Gasteiger partial charge in [0.1, 0.15) is 0 Å². The van der Waals surface area contributed by atoms with E-state index in [1.165, 1.54) is 43.2 Å². The van der Waals surface area contributed by atoms with Crippen molar-refractivity contribution in [2.45, 2.75) is 64.2 Å². The number of hydrogen-bond acceptors (Lipinski definition) is 3. The highest BCUT2D eigenvalue weighted by Gasteiger charge is 2.03. The number of aliphatic imine (C=N–C) groups is 1. The first-order valence-corrected chi connectivity index (χ1v) is 11.3. The molecule has 1 amide bonds. The van der Waals surface area contributed by atoms with Crippen LogP contribution in [-0.4, -0.2) is 18.4 Å². The molecule has 0 heterocycles. The van der Waals surface area contributed by atoms with Gasteiger partial charge in [-0.25, -0.2) is 4.99 Å². The number of guanidine groups is 1. The van der Waals surface area contributed by atoms with E-state index in [0.717, 1.165) is 43.6 Å². The molecule has 31 heavy (non-hydrogen) atoms. The SMILES string of the molecule is NCCCCCCCCCCC(=O)Nc1ccc(Cc2ccc(N=C(N)N)cc2)cc1. The average molecular weight is 424 g/mol. The number of amides is 1. The number of hydrogen-bond donors (Lipinski definition) is 4. The van der Waals surface area contributed by atoms with Crippen LogP contribution in [0.3, 0.4) is 0 Å². The molecule has 0 saturated carbocycles. The Bertz CT molecular complexity index is 796. The van der Waals surface area contributed by atoms with Gasteiger partial charge in [-0.2, -0.15) is 0 Å². The van der Waals surface area contributed by atoms with Gasteiger partial charge in [0.15, 0.2) is 5.96 Å². The molecule has 0 spiro atoms. The van der Waals surface area contributed by atoms with Gasteiger partial charge in [-0.3, -0.25) is 4.79 Å². The van der Waals surface area contributed by atoms with Gasteiger partial charge in [-0.1, -0.05) is 62.8 Å². The lowest BCUT2D eigenvalue weighted by molar-refractivity contribution is -0.116. The first-order valence-electron chi connectivity index (χ1n) is 11.3. The average Bonchev–Trinajstić information content (AvgIpc) is 2.75. The molecule has 168 valence electrons. The Labute approximate surface area is 186 Å². The van der Waals surface area contributed by atoms with Crippen LogP contribution in [0.25, 0.3) is 0 Å². The van der Waals surface area contributed by atoms with Gasteiger partial charge >= 0.3 is 0 Å². The number of nitrogens with one attached hydrogen (secondary N) is 1. The third-order valence-electron chi connectivity index (χ3n) is 5.20. The van der Waals surface area contributed by atoms with Crippen LogP contribution in [0.15, 0.2) is 53.5 Å². The lowest BCUT2D eigenvalue weighted by Crippen LogP contribution is -2.21. The fourth-order valence-electron chi connectivity index (χ4n) is 3.49. The van der Waals surface area contributed by atoms with Crippen LogP contribution < -0.4 is 22.5 Å². The van der Waals surface area contributed by atoms with E-state index in [4.69, 9.17) is 17.2 Å². The molecule has 6 nitrogen and oxygen atoms in total. The van der Waals surface area contributed by atoms with Crippen LogP contribution in [0.4, 0.5) is 11.4 Å². The molecule has 0 aromatic heterocycles. The number of anilines is 1. The predicted octanol–water partition coefficient (Wildman–Crippen LogP) is 4.59. The molecule has 0 aliphatic rings. The Balaban J connectivity index is 1.65. The molecule has 2 aromatic carbocycles. The highest BCUT2D eigenvalue weighted by Crippen LogP contribution is 2.18. The van der Waals surface area contributed by atoms with Crippen molar-refractivity contribution in [3.05, 3.63) is 59.7 Å². The molecule has 0 unspecified atom stereocenters. The van der Waals surface area contributed by atoms with E-state index in [1.54, 1.807) is 0 Å². The fourth-order valence-corrected chi connectivity index (χ4v) is 3.49. The maximum absolute atomic E-state index is 12.2. The van der Waals surface area contributed by atoms with Crippen LogP contribution in [0, 0.1) is 0 Å². The van der Waals surface area contributed by atoms with Gasteiger partial charge in [0.25, 0.3) is 0 Å². The number of benzene rings is 2. The Kier molecular flexibility index (Phi) is 11.2. The summed E-state index contributed by atoms with van der Waals surface area (Å²) in [7, 11) is 0. The molecule has 0 aliphatic carbocycles. The van der Waals surface area contributed by atoms with Gasteiger partial charge in [0, 0.05) is 12.1 Å². The second kappa shape index (κ2) is 14.2. The summed E-state index contributed by atoms with van der Waals surface area (Å²) in [5.74, 6) is 0.144. The van der Waals surface area contributed by atoms with Crippen LogP contribution >= 0.6 is 0 Å². The van der Waals surface area contributed by atoms with Crippen LogP contribution in [-0.2, 0) is 11.2 Å². The molecular weight excluding hydrogens is 386 g/mol. The van der Waals surface area contributed by atoms with Crippen molar-refractivity contribution in [2.75, 3.05) is 11.9 Å². The van der Waals surface area contributed by atoms with E-state index < -0.39 is 0 Å². The number of nitrogens with zero attached hydrogens (tertiary/aromatic N) is 1. The number of carbonyl (C=O) groups is 1. The summed E-state index contributed by atoms with van der Waals surface area (Å²) in [6.07, 6.45) is 10.8. The summed E-state index contributed by atoms with van der Waals surface area (Å²) >= 11 is 0. The summed E-state index contributed by atoms with van der Waals surface area (Å²) in [5.41, 5.74) is 20.2. The topological polar surface area (TPSA) is 120 Å². The standard InChI is InChI=1S/C25H37N5O/c26-18-8-6-4-2-1-3-5-7-9-24(31)29-22-14-10-20(11-15-22)19-21-12-16-23(17-13-21)30-25(27)28/h10-17H,1-9,18-19,26H2,(H,29,31)(H4,27,28,30). The molecule has 2 aromatic rings. The van der Waals surface area contributed by atoms with Crippen LogP contribution in [0.2, 0.25) is 0 Å². The van der Waals surface area contributed by atoms with E-state index in [9.17, 15) is 4.79 Å². The van der Waals surface area contributed by atoms with E-state index in [2.05, 4.69) is 10.3 Å². The Hall–Kier alpha value is -2.86. The molecule has 6 heteroatoms. The van der Waals surface area contributed by atoms with E-state index in [0.29, 0.717) is 6.42 Å². The third-order valence-corrected chi connectivity index (χ3v) is 5.20. The second-order valence-corrected chi connectivity index (χ2v) is 7.99. The number of nitrogens with two attached hydrogens (primary N) is 3. The lowest BCUT2D eigenvalue weighted by atomic mass is 10.0. The molecule has 0 aliphatic heterocycles.